The largest absolute Gasteiger partial charge is 0.342 e. The topological polar surface area (TPSA) is 65.1 Å². The van der Waals surface area contributed by atoms with Gasteiger partial charge in [0.25, 0.3) is 0 Å². The monoisotopic (exact) mass is 409 g/mol. The summed E-state index contributed by atoms with van der Waals surface area (Å²) in [5.74, 6) is 2.36. The summed E-state index contributed by atoms with van der Waals surface area (Å²) in [6, 6.07) is 9.11. The van der Waals surface area contributed by atoms with Crippen molar-refractivity contribution in [1.29, 1.82) is 0 Å². The standard InChI is InChI=1S/C24H35N5O/c1-18(2)21-7-5-20(6-8-21)15-28-13-4-11-24(16-28)12-14-29(17-24)23(30)10-9-22-25-19(3)26-27-22/h5-8,18H,4,9-17H2,1-3H3,(H,25,26,27)/t24-/m0/s1. The van der Waals surface area contributed by atoms with E-state index >= 15 is 0 Å². The third-order valence-electron chi connectivity index (χ3n) is 6.79. The van der Waals surface area contributed by atoms with Crippen molar-refractivity contribution in [2.24, 2.45) is 5.41 Å². The van der Waals surface area contributed by atoms with E-state index < -0.39 is 0 Å². The molecule has 1 atom stereocenters. The van der Waals surface area contributed by atoms with Crippen LogP contribution < -0.4 is 0 Å². The predicted molar refractivity (Wildman–Crippen MR) is 118 cm³/mol. The van der Waals surface area contributed by atoms with Crippen molar-refractivity contribution in [3.05, 3.63) is 47.0 Å². The fourth-order valence-corrected chi connectivity index (χ4v) is 5.07. The van der Waals surface area contributed by atoms with Crippen molar-refractivity contribution >= 4 is 5.91 Å². The third kappa shape index (κ3) is 4.91. The summed E-state index contributed by atoms with van der Waals surface area (Å²) in [6.45, 7) is 11.4. The summed E-state index contributed by atoms with van der Waals surface area (Å²) in [6.07, 6.45) is 4.70. The van der Waals surface area contributed by atoms with Crippen LogP contribution in [0, 0.1) is 12.3 Å². The molecular formula is C24H35N5O. The number of rotatable bonds is 6. The molecule has 0 bridgehead atoms. The maximum absolute atomic E-state index is 12.8. The number of H-pyrrole nitrogens is 1. The Kier molecular flexibility index (Phi) is 6.23. The zero-order chi connectivity index (χ0) is 21.1. The lowest BCUT2D eigenvalue weighted by molar-refractivity contribution is -0.130. The van der Waals surface area contributed by atoms with E-state index in [1.165, 1.54) is 24.0 Å². The van der Waals surface area contributed by atoms with Gasteiger partial charge in [0.2, 0.25) is 5.91 Å². The highest BCUT2D eigenvalue weighted by Gasteiger charge is 2.42. The van der Waals surface area contributed by atoms with E-state index in [4.69, 9.17) is 0 Å². The molecular weight excluding hydrogens is 374 g/mol. The number of aromatic amines is 1. The van der Waals surface area contributed by atoms with Crippen molar-refractivity contribution in [2.75, 3.05) is 26.2 Å². The maximum atomic E-state index is 12.8. The fourth-order valence-electron chi connectivity index (χ4n) is 5.07. The molecule has 0 radical (unpaired) electrons. The second kappa shape index (κ2) is 8.88. The second-order valence-corrected chi connectivity index (χ2v) is 9.61. The highest BCUT2D eigenvalue weighted by atomic mass is 16.2. The minimum absolute atomic E-state index is 0.246. The molecule has 3 heterocycles. The first-order chi connectivity index (χ1) is 14.4. The number of carbonyl (C=O) groups is 1. The number of piperidine rings is 1. The molecule has 0 saturated carbocycles. The summed E-state index contributed by atoms with van der Waals surface area (Å²) in [5, 5.41) is 7.00. The van der Waals surface area contributed by atoms with E-state index in [1.807, 2.05) is 6.92 Å². The van der Waals surface area contributed by atoms with Crippen LogP contribution in [-0.4, -0.2) is 57.1 Å². The average molecular weight is 410 g/mol. The number of hydrogen-bond acceptors (Lipinski definition) is 4. The SMILES string of the molecule is Cc1nc(CCC(=O)N2CC[C@]3(CCCN(Cc4ccc(C(C)C)cc4)C3)C2)n[nH]1. The number of aromatic nitrogens is 3. The van der Waals surface area contributed by atoms with Crippen molar-refractivity contribution in [3.8, 4) is 0 Å². The Morgan fingerprint density at radius 3 is 2.67 bits per heavy atom. The molecule has 1 N–H and O–H groups in total. The number of carbonyl (C=O) groups excluding carboxylic acids is 1. The molecule has 2 aromatic rings. The summed E-state index contributed by atoms with van der Waals surface area (Å²) >= 11 is 0. The number of benzene rings is 1. The molecule has 1 spiro atoms. The molecule has 2 aliphatic rings. The normalized spacial score (nSPS) is 22.3. The van der Waals surface area contributed by atoms with Crippen molar-refractivity contribution in [2.45, 2.75) is 65.3 Å². The minimum Gasteiger partial charge on any atom is -0.342 e. The lowest BCUT2D eigenvalue weighted by atomic mass is 9.79. The number of aryl methyl sites for hydroxylation is 2. The van der Waals surface area contributed by atoms with Gasteiger partial charge >= 0.3 is 0 Å². The third-order valence-corrected chi connectivity index (χ3v) is 6.79. The zero-order valence-corrected chi connectivity index (χ0v) is 18.7. The highest BCUT2D eigenvalue weighted by Crippen LogP contribution is 2.39. The Bertz CT molecular complexity index is 859. The first-order valence-corrected chi connectivity index (χ1v) is 11.4. The molecule has 1 aromatic heterocycles. The van der Waals surface area contributed by atoms with Crippen LogP contribution >= 0.6 is 0 Å². The molecule has 30 heavy (non-hydrogen) atoms. The van der Waals surface area contributed by atoms with Gasteiger partial charge in [0.05, 0.1) is 0 Å². The smallest absolute Gasteiger partial charge is 0.223 e. The van der Waals surface area contributed by atoms with E-state index in [0.29, 0.717) is 18.8 Å². The van der Waals surface area contributed by atoms with Gasteiger partial charge in [-0.3, -0.25) is 14.8 Å². The van der Waals surface area contributed by atoms with Crippen LogP contribution in [0.25, 0.3) is 0 Å². The van der Waals surface area contributed by atoms with Crippen LogP contribution in [0.2, 0.25) is 0 Å². The van der Waals surface area contributed by atoms with Crippen LogP contribution in [0.4, 0.5) is 0 Å². The van der Waals surface area contributed by atoms with Crippen LogP contribution in [0.15, 0.2) is 24.3 Å². The van der Waals surface area contributed by atoms with Gasteiger partial charge in [0.15, 0.2) is 5.82 Å². The number of likely N-dealkylation sites (tertiary alicyclic amines) is 2. The molecule has 4 rings (SSSR count). The summed E-state index contributed by atoms with van der Waals surface area (Å²) in [7, 11) is 0. The molecule has 2 aliphatic heterocycles. The Hall–Kier alpha value is -2.21. The predicted octanol–water partition coefficient (Wildman–Crippen LogP) is 3.68. The van der Waals surface area contributed by atoms with Gasteiger partial charge in [-0.25, -0.2) is 4.98 Å². The van der Waals surface area contributed by atoms with E-state index in [1.54, 1.807) is 0 Å². The number of nitrogens with one attached hydrogen (secondary N) is 1. The first kappa shape index (κ1) is 21.0. The number of amides is 1. The Morgan fingerprint density at radius 1 is 1.17 bits per heavy atom. The van der Waals surface area contributed by atoms with Crippen molar-refractivity contribution in [1.82, 2.24) is 25.0 Å². The van der Waals surface area contributed by atoms with Gasteiger partial charge in [-0.2, -0.15) is 5.10 Å². The Labute approximate surface area is 180 Å². The van der Waals surface area contributed by atoms with Gasteiger partial charge < -0.3 is 4.90 Å². The summed E-state index contributed by atoms with van der Waals surface area (Å²) < 4.78 is 0. The Morgan fingerprint density at radius 2 is 1.97 bits per heavy atom. The van der Waals surface area contributed by atoms with Gasteiger partial charge in [-0.15, -0.1) is 0 Å². The van der Waals surface area contributed by atoms with E-state index in [2.05, 4.69) is 63.1 Å². The molecule has 0 unspecified atom stereocenters. The van der Waals surface area contributed by atoms with Crippen LogP contribution in [-0.2, 0) is 17.8 Å². The molecule has 2 fully saturated rings. The van der Waals surface area contributed by atoms with Crippen LogP contribution in [0.3, 0.4) is 0 Å². The van der Waals surface area contributed by atoms with E-state index in [-0.39, 0.29) is 11.3 Å². The molecule has 2 saturated heterocycles. The van der Waals surface area contributed by atoms with E-state index in [9.17, 15) is 4.79 Å². The summed E-state index contributed by atoms with van der Waals surface area (Å²) in [5.41, 5.74) is 3.07. The van der Waals surface area contributed by atoms with Crippen LogP contribution in [0.5, 0.6) is 0 Å². The molecule has 0 aliphatic carbocycles. The van der Waals surface area contributed by atoms with Gasteiger partial charge in [-0.1, -0.05) is 38.1 Å². The zero-order valence-electron chi connectivity index (χ0n) is 18.7. The number of hydrogen-bond donors (Lipinski definition) is 1. The van der Waals surface area contributed by atoms with E-state index in [0.717, 1.165) is 50.8 Å². The van der Waals surface area contributed by atoms with Crippen molar-refractivity contribution < 1.29 is 4.79 Å². The fraction of sp³-hybridized carbons (Fsp3) is 0.625. The lowest BCUT2D eigenvalue weighted by Gasteiger charge is -2.40. The molecule has 1 aromatic carbocycles. The molecule has 1 amide bonds. The number of nitrogens with zero attached hydrogens (tertiary/aromatic N) is 4. The molecule has 6 nitrogen and oxygen atoms in total. The molecule has 6 heteroatoms. The van der Waals surface area contributed by atoms with Gasteiger partial charge in [0, 0.05) is 44.4 Å². The van der Waals surface area contributed by atoms with Crippen LogP contribution in [0.1, 0.15) is 68.2 Å². The maximum Gasteiger partial charge on any atom is 0.223 e. The lowest BCUT2D eigenvalue weighted by Crippen LogP contribution is -2.45. The highest BCUT2D eigenvalue weighted by molar-refractivity contribution is 5.76. The average Bonchev–Trinajstić information content (AvgIpc) is 3.33. The molecule has 162 valence electrons. The first-order valence-electron chi connectivity index (χ1n) is 11.4. The van der Waals surface area contributed by atoms with Gasteiger partial charge in [-0.05, 0) is 49.8 Å². The quantitative estimate of drug-likeness (QED) is 0.790. The minimum atomic E-state index is 0.246. The second-order valence-electron chi connectivity index (χ2n) is 9.61. The summed E-state index contributed by atoms with van der Waals surface area (Å²) in [4.78, 5) is 21.7. The Balaban J connectivity index is 1.30. The van der Waals surface area contributed by atoms with Crippen molar-refractivity contribution in [3.63, 3.8) is 0 Å². The van der Waals surface area contributed by atoms with Gasteiger partial charge in [0.1, 0.15) is 5.82 Å².